The van der Waals surface area contributed by atoms with Crippen molar-refractivity contribution in [2.45, 2.75) is 32.3 Å². The molecule has 16 heavy (non-hydrogen) atoms. The number of thiol groups is 1. The lowest BCUT2D eigenvalue weighted by atomic mass is 10.1. The molecule has 0 saturated heterocycles. The summed E-state index contributed by atoms with van der Waals surface area (Å²) in [6, 6.07) is 4.33. The van der Waals surface area contributed by atoms with Gasteiger partial charge in [-0.15, -0.1) is 5.54 Å². The number of halogens is 1. The van der Waals surface area contributed by atoms with Gasteiger partial charge in [-0.1, -0.05) is 25.6 Å². The molecule has 0 fully saturated rings. The summed E-state index contributed by atoms with van der Waals surface area (Å²) in [6.45, 7) is 8.93. The first-order valence-electron chi connectivity index (χ1n) is 5.26. The highest BCUT2D eigenvalue weighted by molar-refractivity contribution is 14.1. The van der Waals surface area contributed by atoms with Crippen LogP contribution in [0, 0.1) is 22.0 Å². The molecule has 86 valence electrons. The average Bonchev–Trinajstić information content (AvgIpc) is 2.18. The van der Waals surface area contributed by atoms with Gasteiger partial charge in [0.05, 0.1) is 0 Å². The Kier molecular flexibility index (Phi) is 4.96. The molecule has 0 saturated carbocycles. The molecule has 0 aliphatic heterocycles. The summed E-state index contributed by atoms with van der Waals surface area (Å²) in [5.41, 5.74) is 7.14. The van der Waals surface area contributed by atoms with Crippen LogP contribution >= 0.6 is 35.2 Å². The zero-order valence-electron chi connectivity index (χ0n) is 10.2. The van der Waals surface area contributed by atoms with Crippen LogP contribution in [0.3, 0.4) is 0 Å². The van der Waals surface area contributed by atoms with E-state index in [0.717, 1.165) is 11.3 Å². The lowest BCUT2D eigenvalue weighted by molar-refractivity contribution is 1.28. The third-order valence-electron chi connectivity index (χ3n) is 2.20. The van der Waals surface area contributed by atoms with Crippen LogP contribution in [0.4, 0.5) is 0 Å². The molecule has 0 amide bonds. The molecular weight excluding hydrogens is 343 g/mol. The lowest BCUT2D eigenvalue weighted by Gasteiger charge is -2.07. The van der Waals surface area contributed by atoms with Gasteiger partial charge in [0.15, 0.2) is 0 Å². The van der Waals surface area contributed by atoms with Crippen molar-refractivity contribution in [3.63, 3.8) is 0 Å². The predicted octanol–water partition coefficient (Wildman–Crippen LogP) is 4.26. The maximum absolute atomic E-state index is 4.36. The van der Waals surface area contributed by atoms with E-state index in [4.69, 9.17) is 0 Å². The Morgan fingerprint density at radius 2 is 1.94 bits per heavy atom. The van der Waals surface area contributed by atoms with Crippen molar-refractivity contribution in [1.82, 2.24) is 0 Å². The number of benzene rings is 1. The van der Waals surface area contributed by atoms with E-state index in [1.54, 1.807) is 0 Å². The van der Waals surface area contributed by atoms with Gasteiger partial charge in [-0.05, 0) is 52.8 Å². The van der Waals surface area contributed by atoms with Crippen molar-refractivity contribution in [3.05, 3.63) is 32.4 Å². The monoisotopic (exact) mass is 360 g/mol. The fourth-order valence-corrected chi connectivity index (χ4v) is 2.76. The van der Waals surface area contributed by atoms with E-state index in [9.17, 15) is 0 Å². The van der Waals surface area contributed by atoms with Gasteiger partial charge in [0.25, 0.3) is 0 Å². The van der Waals surface area contributed by atoms with Crippen LogP contribution < -0.4 is 0 Å². The largest absolute Gasteiger partial charge is 0.175 e. The van der Waals surface area contributed by atoms with E-state index in [0.29, 0.717) is 0 Å². The highest BCUT2D eigenvalue weighted by Gasteiger charge is 2.08. The molecule has 3 heteroatoms. The standard InChI is InChI=1S/C13H17ISSi/c1-10-12(9-15)7-11(8-13(10)14)5-6-16(2,3)4/h7-8,15H,9H2,1-4H3. The average molecular weight is 360 g/mol. The molecule has 0 aliphatic carbocycles. The van der Waals surface area contributed by atoms with Crippen LogP contribution in [0.5, 0.6) is 0 Å². The first kappa shape index (κ1) is 14.1. The minimum atomic E-state index is -1.28. The zero-order valence-corrected chi connectivity index (χ0v) is 14.2. The van der Waals surface area contributed by atoms with Crippen LogP contribution in [0.1, 0.15) is 16.7 Å². The van der Waals surface area contributed by atoms with E-state index < -0.39 is 8.07 Å². The van der Waals surface area contributed by atoms with E-state index in [2.05, 4.69) is 85.4 Å². The molecule has 0 atom stereocenters. The summed E-state index contributed by atoms with van der Waals surface area (Å²) in [5, 5.41) is 0. The van der Waals surface area contributed by atoms with Crippen molar-refractivity contribution in [1.29, 1.82) is 0 Å². The molecule has 0 bridgehead atoms. The number of hydrogen-bond acceptors (Lipinski definition) is 1. The lowest BCUT2D eigenvalue weighted by Crippen LogP contribution is -2.16. The molecule has 0 unspecified atom stereocenters. The Morgan fingerprint density at radius 3 is 2.44 bits per heavy atom. The Labute approximate surface area is 119 Å². The molecule has 1 aromatic rings. The SMILES string of the molecule is Cc1c(I)cc(C#C[Si](C)(C)C)cc1CS. The molecule has 0 nitrogen and oxygen atoms in total. The molecule has 1 rings (SSSR count). The summed E-state index contributed by atoms with van der Waals surface area (Å²) in [7, 11) is -1.28. The normalized spacial score (nSPS) is 10.9. The first-order valence-corrected chi connectivity index (χ1v) is 10.5. The first-order chi connectivity index (χ1) is 7.33. The van der Waals surface area contributed by atoms with Gasteiger partial charge in [0, 0.05) is 14.9 Å². The van der Waals surface area contributed by atoms with E-state index >= 15 is 0 Å². The van der Waals surface area contributed by atoms with Gasteiger partial charge in [0.2, 0.25) is 0 Å². The molecule has 0 heterocycles. The predicted molar refractivity (Wildman–Crippen MR) is 86.8 cm³/mol. The van der Waals surface area contributed by atoms with Gasteiger partial charge < -0.3 is 0 Å². The molecule has 1 aromatic carbocycles. The minimum absolute atomic E-state index is 0.782. The molecule has 0 N–H and O–H groups in total. The van der Waals surface area contributed by atoms with Gasteiger partial charge in [-0.3, -0.25) is 0 Å². The van der Waals surface area contributed by atoms with E-state index in [1.807, 2.05) is 0 Å². The second-order valence-corrected chi connectivity index (χ2v) is 11.1. The van der Waals surface area contributed by atoms with Gasteiger partial charge >= 0.3 is 0 Å². The van der Waals surface area contributed by atoms with Crippen molar-refractivity contribution < 1.29 is 0 Å². The molecular formula is C13H17ISSi. The van der Waals surface area contributed by atoms with Crippen LogP contribution in [0.25, 0.3) is 0 Å². The van der Waals surface area contributed by atoms with Gasteiger partial charge in [-0.2, -0.15) is 12.6 Å². The summed E-state index contributed by atoms with van der Waals surface area (Å²) < 4.78 is 1.28. The Hall–Kier alpha value is 0.0769. The highest BCUT2D eigenvalue weighted by Crippen LogP contribution is 2.20. The van der Waals surface area contributed by atoms with E-state index in [-0.39, 0.29) is 0 Å². The van der Waals surface area contributed by atoms with Crippen LogP contribution in [0.15, 0.2) is 12.1 Å². The molecule has 0 radical (unpaired) electrons. The zero-order chi connectivity index (χ0) is 12.3. The quantitative estimate of drug-likeness (QED) is 0.329. The smallest absolute Gasteiger partial charge is 0.129 e. The van der Waals surface area contributed by atoms with Crippen molar-refractivity contribution in [2.24, 2.45) is 0 Å². The number of hydrogen-bond donors (Lipinski definition) is 1. The summed E-state index contributed by atoms with van der Waals surface area (Å²) >= 11 is 6.73. The second kappa shape index (κ2) is 5.61. The molecule has 0 spiro atoms. The minimum Gasteiger partial charge on any atom is -0.175 e. The number of rotatable bonds is 1. The van der Waals surface area contributed by atoms with Crippen molar-refractivity contribution in [3.8, 4) is 11.5 Å². The fourth-order valence-electron chi connectivity index (χ4n) is 1.23. The van der Waals surface area contributed by atoms with E-state index in [1.165, 1.54) is 14.7 Å². The van der Waals surface area contributed by atoms with Crippen molar-refractivity contribution in [2.75, 3.05) is 0 Å². The Balaban J connectivity index is 3.16. The molecule has 0 aliphatic rings. The van der Waals surface area contributed by atoms with Gasteiger partial charge in [-0.25, -0.2) is 0 Å². The summed E-state index contributed by atoms with van der Waals surface area (Å²) in [5.74, 6) is 4.08. The highest BCUT2D eigenvalue weighted by atomic mass is 127. The van der Waals surface area contributed by atoms with Crippen LogP contribution in [-0.4, -0.2) is 8.07 Å². The maximum Gasteiger partial charge on any atom is 0.129 e. The fraction of sp³-hybridized carbons (Fsp3) is 0.385. The van der Waals surface area contributed by atoms with Gasteiger partial charge in [0.1, 0.15) is 8.07 Å². The molecule has 0 aromatic heterocycles. The summed E-state index contributed by atoms with van der Waals surface area (Å²) in [4.78, 5) is 0. The topological polar surface area (TPSA) is 0 Å². The second-order valence-electron chi connectivity index (χ2n) is 4.90. The third kappa shape index (κ3) is 4.15. The summed E-state index contributed by atoms with van der Waals surface area (Å²) in [6.07, 6.45) is 0. The van der Waals surface area contributed by atoms with Crippen LogP contribution in [0.2, 0.25) is 19.6 Å². The third-order valence-corrected chi connectivity index (χ3v) is 4.54. The maximum atomic E-state index is 4.36. The van der Waals surface area contributed by atoms with Crippen molar-refractivity contribution >= 4 is 43.3 Å². The Bertz CT molecular complexity index is 449. The Morgan fingerprint density at radius 1 is 1.31 bits per heavy atom. The van der Waals surface area contributed by atoms with Crippen LogP contribution in [-0.2, 0) is 5.75 Å².